The van der Waals surface area contributed by atoms with Gasteiger partial charge in [-0.2, -0.15) is 4.31 Å². The molecule has 2 aliphatic heterocycles. The fourth-order valence-corrected chi connectivity index (χ4v) is 4.78. The number of hydrogen-bond acceptors (Lipinski definition) is 4. The van der Waals surface area contributed by atoms with E-state index < -0.39 is 21.7 Å². The van der Waals surface area contributed by atoms with Crippen LogP contribution in [0.2, 0.25) is 0 Å². The van der Waals surface area contributed by atoms with Crippen LogP contribution in [0, 0.1) is 11.6 Å². The van der Waals surface area contributed by atoms with Crippen LogP contribution in [0.4, 0.5) is 8.78 Å². The molecule has 0 bridgehead atoms. The molecule has 6 nitrogen and oxygen atoms in total. The minimum absolute atomic E-state index is 0.0848. The molecular weight excluding hydrogens is 364 g/mol. The fraction of sp³-hybridized carbons (Fsp3) is 0.588. The first-order valence-corrected chi connectivity index (χ1v) is 10.3. The Kier molecular flexibility index (Phi) is 5.89. The maximum absolute atomic E-state index is 13.4. The van der Waals surface area contributed by atoms with Gasteiger partial charge in [-0.05, 0) is 37.5 Å². The van der Waals surface area contributed by atoms with Crippen molar-refractivity contribution in [3.8, 4) is 0 Å². The van der Waals surface area contributed by atoms with Crippen molar-refractivity contribution in [2.75, 3.05) is 45.8 Å². The van der Waals surface area contributed by atoms with Crippen LogP contribution in [0.5, 0.6) is 0 Å². The number of carbonyl (C=O) groups is 1. The molecule has 0 N–H and O–H groups in total. The van der Waals surface area contributed by atoms with E-state index in [0.717, 1.165) is 44.5 Å². The number of carbonyl (C=O) groups excluding carboxylic acids is 1. The molecule has 26 heavy (non-hydrogen) atoms. The van der Waals surface area contributed by atoms with Crippen molar-refractivity contribution >= 4 is 15.9 Å². The summed E-state index contributed by atoms with van der Waals surface area (Å²) in [6.45, 7) is 3.18. The lowest BCUT2D eigenvalue weighted by Crippen LogP contribution is -2.51. The molecule has 0 aromatic heterocycles. The van der Waals surface area contributed by atoms with E-state index in [4.69, 9.17) is 0 Å². The van der Waals surface area contributed by atoms with E-state index in [-0.39, 0.29) is 23.9 Å². The smallest absolute Gasteiger partial charge is 0.243 e. The zero-order valence-corrected chi connectivity index (χ0v) is 15.4. The molecule has 1 amide bonds. The van der Waals surface area contributed by atoms with Crippen molar-refractivity contribution in [2.24, 2.45) is 0 Å². The van der Waals surface area contributed by atoms with Crippen LogP contribution >= 0.6 is 0 Å². The summed E-state index contributed by atoms with van der Waals surface area (Å²) >= 11 is 0. The van der Waals surface area contributed by atoms with Crippen LogP contribution in [0.15, 0.2) is 23.1 Å². The highest BCUT2D eigenvalue weighted by atomic mass is 32.2. The number of sulfonamides is 1. The molecule has 2 saturated heterocycles. The molecule has 0 atom stereocenters. The van der Waals surface area contributed by atoms with Gasteiger partial charge in [0.2, 0.25) is 15.9 Å². The van der Waals surface area contributed by atoms with Crippen LogP contribution < -0.4 is 0 Å². The highest BCUT2D eigenvalue weighted by Gasteiger charge is 2.30. The number of nitrogens with zero attached hydrogens (tertiary/aromatic N) is 3. The predicted molar refractivity (Wildman–Crippen MR) is 92.0 cm³/mol. The zero-order valence-electron chi connectivity index (χ0n) is 14.5. The number of rotatable bonds is 4. The van der Waals surface area contributed by atoms with E-state index in [1.165, 1.54) is 4.31 Å². The molecule has 0 unspecified atom stereocenters. The van der Waals surface area contributed by atoms with Crippen molar-refractivity contribution < 1.29 is 22.0 Å². The largest absolute Gasteiger partial charge is 0.342 e. The second-order valence-corrected chi connectivity index (χ2v) is 8.64. The van der Waals surface area contributed by atoms with Gasteiger partial charge >= 0.3 is 0 Å². The number of halogens is 2. The standard InChI is InChI=1S/C17H23F2N3O3S/c18-15-5-4-14(12-16(15)19)26(24,25)22-10-8-20(9-11-22)13-17(23)21-6-2-1-3-7-21/h4-5,12H,1-3,6-11,13H2. The van der Waals surface area contributed by atoms with Crippen molar-refractivity contribution in [1.82, 2.24) is 14.1 Å². The molecule has 0 spiro atoms. The molecule has 9 heteroatoms. The summed E-state index contributed by atoms with van der Waals surface area (Å²) in [6.07, 6.45) is 3.22. The van der Waals surface area contributed by atoms with Gasteiger partial charge in [0.15, 0.2) is 11.6 Å². The maximum atomic E-state index is 13.4. The minimum atomic E-state index is -3.87. The number of likely N-dealkylation sites (tertiary alicyclic amines) is 1. The third-order valence-corrected chi connectivity index (χ3v) is 6.82. The number of piperazine rings is 1. The zero-order chi connectivity index (χ0) is 18.7. The van der Waals surface area contributed by atoms with E-state index >= 15 is 0 Å². The molecule has 0 aliphatic carbocycles. The van der Waals surface area contributed by atoms with Gasteiger partial charge in [0.05, 0.1) is 11.4 Å². The first-order chi connectivity index (χ1) is 12.4. The summed E-state index contributed by atoms with van der Waals surface area (Å²) in [4.78, 5) is 15.9. The topological polar surface area (TPSA) is 60.9 Å². The molecule has 144 valence electrons. The normalized spacial score (nSPS) is 20.3. The SMILES string of the molecule is O=C(CN1CCN(S(=O)(=O)c2ccc(F)c(F)c2)CC1)N1CCCCC1. The Labute approximate surface area is 152 Å². The minimum Gasteiger partial charge on any atom is -0.342 e. The number of amides is 1. The quantitative estimate of drug-likeness (QED) is 0.781. The van der Waals surface area contributed by atoms with Gasteiger partial charge in [-0.25, -0.2) is 17.2 Å². The Morgan fingerprint density at radius 1 is 0.923 bits per heavy atom. The molecule has 2 heterocycles. The first kappa shape index (κ1) is 19.2. The summed E-state index contributed by atoms with van der Waals surface area (Å²) in [5.74, 6) is -2.18. The second kappa shape index (κ2) is 7.98. The van der Waals surface area contributed by atoms with Gasteiger partial charge < -0.3 is 4.90 Å². The lowest BCUT2D eigenvalue weighted by atomic mass is 10.1. The van der Waals surface area contributed by atoms with E-state index in [1.54, 1.807) is 0 Å². The molecule has 1 aromatic rings. The van der Waals surface area contributed by atoms with Gasteiger partial charge in [-0.3, -0.25) is 9.69 Å². The third-order valence-electron chi connectivity index (χ3n) is 4.93. The third kappa shape index (κ3) is 4.21. The monoisotopic (exact) mass is 387 g/mol. The van der Waals surface area contributed by atoms with Crippen molar-refractivity contribution in [2.45, 2.75) is 24.2 Å². The fourth-order valence-electron chi connectivity index (χ4n) is 3.35. The average molecular weight is 387 g/mol. The van der Waals surface area contributed by atoms with Crippen LogP contribution in [-0.4, -0.2) is 74.2 Å². The van der Waals surface area contributed by atoms with Gasteiger partial charge in [-0.15, -0.1) is 0 Å². The van der Waals surface area contributed by atoms with E-state index in [9.17, 15) is 22.0 Å². The predicted octanol–water partition coefficient (Wildman–Crippen LogP) is 1.28. The maximum Gasteiger partial charge on any atom is 0.243 e. The molecule has 0 radical (unpaired) electrons. The lowest BCUT2D eigenvalue weighted by molar-refractivity contribution is -0.133. The molecule has 2 aliphatic rings. The van der Waals surface area contributed by atoms with Crippen molar-refractivity contribution in [1.29, 1.82) is 0 Å². The van der Waals surface area contributed by atoms with Crippen LogP contribution in [0.25, 0.3) is 0 Å². The summed E-state index contributed by atoms with van der Waals surface area (Å²) in [5, 5.41) is 0. The summed E-state index contributed by atoms with van der Waals surface area (Å²) in [6, 6.07) is 2.59. The van der Waals surface area contributed by atoms with E-state index in [1.807, 2.05) is 9.80 Å². The molecule has 3 rings (SSSR count). The average Bonchev–Trinajstić information content (AvgIpc) is 2.65. The highest BCUT2D eigenvalue weighted by Crippen LogP contribution is 2.20. The van der Waals surface area contributed by atoms with Gasteiger partial charge in [0.25, 0.3) is 0 Å². The summed E-state index contributed by atoms with van der Waals surface area (Å²) in [5.41, 5.74) is 0. The number of piperidine rings is 1. The Morgan fingerprint density at radius 2 is 1.58 bits per heavy atom. The Morgan fingerprint density at radius 3 is 2.19 bits per heavy atom. The first-order valence-electron chi connectivity index (χ1n) is 8.83. The Hall–Kier alpha value is -1.58. The molecule has 2 fully saturated rings. The lowest BCUT2D eigenvalue weighted by Gasteiger charge is -2.35. The van der Waals surface area contributed by atoms with E-state index in [2.05, 4.69) is 0 Å². The van der Waals surface area contributed by atoms with E-state index in [0.29, 0.717) is 25.7 Å². The van der Waals surface area contributed by atoms with Crippen LogP contribution in [0.1, 0.15) is 19.3 Å². The number of hydrogen-bond donors (Lipinski definition) is 0. The second-order valence-electron chi connectivity index (χ2n) is 6.70. The number of benzene rings is 1. The summed E-state index contributed by atoms with van der Waals surface area (Å²) < 4.78 is 52.8. The molecule has 1 aromatic carbocycles. The van der Waals surface area contributed by atoms with Gasteiger partial charge in [0.1, 0.15) is 0 Å². The summed E-state index contributed by atoms with van der Waals surface area (Å²) in [7, 11) is -3.87. The Balaban J connectivity index is 1.57. The molecular formula is C17H23F2N3O3S. The van der Waals surface area contributed by atoms with Crippen molar-refractivity contribution in [3.05, 3.63) is 29.8 Å². The van der Waals surface area contributed by atoms with Crippen molar-refractivity contribution in [3.63, 3.8) is 0 Å². The van der Waals surface area contributed by atoms with Crippen LogP contribution in [0.3, 0.4) is 0 Å². The molecule has 0 saturated carbocycles. The Bertz CT molecular complexity index is 759. The van der Waals surface area contributed by atoms with Gasteiger partial charge in [0, 0.05) is 39.3 Å². The highest BCUT2D eigenvalue weighted by molar-refractivity contribution is 7.89. The van der Waals surface area contributed by atoms with Gasteiger partial charge in [-0.1, -0.05) is 0 Å². The van der Waals surface area contributed by atoms with Crippen LogP contribution in [-0.2, 0) is 14.8 Å².